The summed E-state index contributed by atoms with van der Waals surface area (Å²) in [6, 6.07) is 14.8. The number of nitrogens with zero attached hydrogens (tertiary/aromatic N) is 2. The quantitative estimate of drug-likeness (QED) is 0.273. The molecule has 2 aromatic heterocycles. The van der Waals surface area contributed by atoms with E-state index in [9.17, 15) is 4.79 Å². The second-order valence-electron chi connectivity index (χ2n) is 7.68. The van der Waals surface area contributed by atoms with Crippen molar-refractivity contribution < 1.29 is 23.9 Å². The topological polar surface area (TPSA) is 94.7 Å². The van der Waals surface area contributed by atoms with Crippen LogP contribution in [0, 0.1) is 0 Å². The number of carboxylic acid groups (broad SMARTS) is 1. The highest BCUT2D eigenvalue weighted by Gasteiger charge is 2.24. The van der Waals surface area contributed by atoms with Crippen LogP contribution in [0.15, 0.2) is 65.3 Å². The SMILES string of the molecule is CC(C)c1onc(-c2c(Cl)cccc2Cl)c1COc1ccc(Oc2cccc(C(=O)O)c2)cn1. The van der Waals surface area contributed by atoms with Gasteiger partial charge in [-0.15, -0.1) is 0 Å². The molecular formula is C25H20Cl2N2O5. The van der Waals surface area contributed by atoms with Crippen LogP contribution in [-0.4, -0.2) is 21.2 Å². The summed E-state index contributed by atoms with van der Waals surface area (Å²) in [4.78, 5) is 15.4. The summed E-state index contributed by atoms with van der Waals surface area (Å²) in [6.45, 7) is 4.12. The van der Waals surface area contributed by atoms with Gasteiger partial charge in [-0.3, -0.25) is 0 Å². The predicted molar refractivity (Wildman–Crippen MR) is 128 cm³/mol. The zero-order valence-corrected chi connectivity index (χ0v) is 19.8. The van der Waals surface area contributed by atoms with Gasteiger partial charge in [-0.05, 0) is 36.4 Å². The number of aromatic nitrogens is 2. The lowest BCUT2D eigenvalue weighted by atomic mass is 10.0. The second-order valence-corrected chi connectivity index (χ2v) is 8.50. The molecule has 0 atom stereocenters. The van der Waals surface area contributed by atoms with Gasteiger partial charge in [0, 0.05) is 17.5 Å². The van der Waals surface area contributed by atoms with E-state index in [1.165, 1.54) is 18.3 Å². The van der Waals surface area contributed by atoms with Gasteiger partial charge in [0.2, 0.25) is 5.88 Å². The summed E-state index contributed by atoms with van der Waals surface area (Å²) in [6.07, 6.45) is 1.49. The standard InChI is InChI=1S/C25H20Cl2N2O5/c1-14(2)24-18(23(29-34-24)22-19(26)7-4-8-20(22)27)13-32-21-10-9-17(12-28-21)33-16-6-3-5-15(11-16)25(30)31/h3-12,14H,13H2,1-2H3,(H,30,31). The molecular weight excluding hydrogens is 479 g/mol. The molecule has 0 fully saturated rings. The number of benzene rings is 2. The van der Waals surface area contributed by atoms with Crippen molar-refractivity contribution >= 4 is 29.2 Å². The Bertz CT molecular complexity index is 1300. The first-order chi connectivity index (χ1) is 16.3. The minimum atomic E-state index is -1.03. The number of ether oxygens (including phenoxy) is 2. The van der Waals surface area contributed by atoms with Crippen LogP contribution in [0.3, 0.4) is 0 Å². The van der Waals surface area contributed by atoms with Crippen molar-refractivity contribution in [1.29, 1.82) is 0 Å². The van der Waals surface area contributed by atoms with Crippen molar-refractivity contribution in [1.82, 2.24) is 10.1 Å². The van der Waals surface area contributed by atoms with E-state index in [-0.39, 0.29) is 18.1 Å². The fourth-order valence-corrected chi connectivity index (χ4v) is 3.90. The number of pyridine rings is 1. The first-order valence-electron chi connectivity index (χ1n) is 10.4. The van der Waals surface area contributed by atoms with Gasteiger partial charge >= 0.3 is 5.97 Å². The normalized spacial score (nSPS) is 11.0. The molecule has 34 heavy (non-hydrogen) atoms. The van der Waals surface area contributed by atoms with Crippen LogP contribution in [0.2, 0.25) is 10.0 Å². The minimum Gasteiger partial charge on any atom is -0.478 e. The Morgan fingerprint density at radius 3 is 2.44 bits per heavy atom. The minimum absolute atomic E-state index is 0.0615. The Labute approximate surface area is 205 Å². The molecule has 0 amide bonds. The number of carbonyl (C=O) groups is 1. The molecule has 0 radical (unpaired) electrons. The van der Waals surface area contributed by atoms with Crippen molar-refractivity contribution in [2.45, 2.75) is 26.4 Å². The molecule has 4 aromatic rings. The highest BCUT2D eigenvalue weighted by Crippen LogP contribution is 2.38. The average molecular weight is 499 g/mol. The lowest BCUT2D eigenvalue weighted by Gasteiger charge is -2.11. The first kappa shape index (κ1) is 23.6. The summed E-state index contributed by atoms with van der Waals surface area (Å²) in [7, 11) is 0. The molecule has 0 bridgehead atoms. The lowest BCUT2D eigenvalue weighted by Crippen LogP contribution is -2.02. The van der Waals surface area contributed by atoms with Crippen LogP contribution in [-0.2, 0) is 6.61 Å². The molecule has 0 aliphatic rings. The Kier molecular flexibility index (Phi) is 7.05. The van der Waals surface area contributed by atoms with E-state index in [4.69, 9.17) is 42.3 Å². The van der Waals surface area contributed by atoms with Crippen molar-refractivity contribution in [2.24, 2.45) is 0 Å². The molecule has 174 valence electrons. The van der Waals surface area contributed by atoms with Crippen molar-refractivity contribution in [3.05, 3.63) is 87.7 Å². The maximum atomic E-state index is 11.1. The Morgan fingerprint density at radius 2 is 1.79 bits per heavy atom. The monoisotopic (exact) mass is 498 g/mol. The van der Waals surface area contributed by atoms with Gasteiger partial charge in [-0.25, -0.2) is 9.78 Å². The largest absolute Gasteiger partial charge is 0.478 e. The summed E-state index contributed by atoms with van der Waals surface area (Å²) in [5.41, 5.74) is 1.98. The van der Waals surface area contributed by atoms with Crippen molar-refractivity contribution in [3.8, 4) is 28.6 Å². The lowest BCUT2D eigenvalue weighted by molar-refractivity contribution is 0.0696. The van der Waals surface area contributed by atoms with E-state index in [0.29, 0.717) is 44.4 Å². The van der Waals surface area contributed by atoms with Crippen LogP contribution in [0.1, 0.15) is 41.4 Å². The average Bonchev–Trinajstić information content (AvgIpc) is 3.22. The maximum Gasteiger partial charge on any atom is 0.335 e. The number of rotatable bonds is 8. The Balaban J connectivity index is 1.52. The number of hydrogen-bond acceptors (Lipinski definition) is 6. The van der Waals surface area contributed by atoms with E-state index < -0.39 is 5.97 Å². The Morgan fingerprint density at radius 1 is 1.06 bits per heavy atom. The molecule has 1 N–H and O–H groups in total. The first-order valence-corrected chi connectivity index (χ1v) is 11.1. The molecule has 0 aliphatic heterocycles. The van der Waals surface area contributed by atoms with Crippen LogP contribution < -0.4 is 9.47 Å². The Hall–Kier alpha value is -3.55. The highest BCUT2D eigenvalue weighted by molar-refractivity contribution is 6.39. The van der Waals surface area contributed by atoms with Gasteiger partial charge in [0.15, 0.2) is 0 Å². The zero-order chi connectivity index (χ0) is 24.2. The fourth-order valence-electron chi connectivity index (χ4n) is 3.32. The van der Waals surface area contributed by atoms with Crippen LogP contribution in [0.4, 0.5) is 0 Å². The van der Waals surface area contributed by atoms with Gasteiger partial charge < -0.3 is 19.1 Å². The van der Waals surface area contributed by atoms with Crippen LogP contribution in [0.5, 0.6) is 17.4 Å². The van der Waals surface area contributed by atoms with Gasteiger partial charge in [0.25, 0.3) is 0 Å². The van der Waals surface area contributed by atoms with E-state index in [1.54, 1.807) is 42.5 Å². The van der Waals surface area contributed by atoms with E-state index >= 15 is 0 Å². The fraction of sp³-hybridized carbons (Fsp3) is 0.160. The third-order valence-corrected chi connectivity index (χ3v) is 5.56. The molecule has 2 aromatic carbocycles. The molecule has 0 unspecified atom stereocenters. The van der Waals surface area contributed by atoms with E-state index in [0.717, 1.165) is 5.56 Å². The molecule has 0 spiro atoms. The van der Waals surface area contributed by atoms with Gasteiger partial charge in [0.05, 0.1) is 27.4 Å². The van der Waals surface area contributed by atoms with E-state index in [1.807, 2.05) is 13.8 Å². The molecule has 0 saturated carbocycles. The third kappa shape index (κ3) is 5.16. The van der Waals surface area contributed by atoms with E-state index in [2.05, 4.69) is 10.1 Å². The predicted octanol–water partition coefficient (Wildman–Crippen LogP) is 7.24. The second kappa shape index (κ2) is 10.2. The highest BCUT2D eigenvalue weighted by atomic mass is 35.5. The molecule has 4 rings (SSSR count). The van der Waals surface area contributed by atoms with Crippen LogP contribution in [0.25, 0.3) is 11.3 Å². The van der Waals surface area contributed by atoms with Gasteiger partial charge in [0.1, 0.15) is 29.6 Å². The molecule has 9 heteroatoms. The summed E-state index contributed by atoms with van der Waals surface area (Å²) >= 11 is 12.8. The number of hydrogen-bond donors (Lipinski definition) is 1. The number of halogens is 2. The van der Waals surface area contributed by atoms with Crippen LogP contribution >= 0.6 is 23.2 Å². The van der Waals surface area contributed by atoms with Crippen molar-refractivity contribution in [3.63, 3.8) is 0 Å². The smallest absolute Gasteiger partial charge is 0.335 e. The van der Waals surface area contributed by atoms with Crippen molar-refractivity contribution in [2.75, 3.05) is 0 Å². The molecule has 7 nitrogen and oxygen atoms in total. The molecule has 0 saturated heterocycles. The van der Waals surface area contributed by atoms with Gasteiger partial charge in [-0.2, -0.15) is 0 Å². The summed E-state index contributed by atoms with van der Waals surface area (Å²) in [5, 5.41) is 14.3. The zero-order valence-electron chi connectivity index (χ0n) is 18.3. The number of carboxylic acids is 1. The molecule has 0 aliphatic carbocycles. The van der Waals surface area contributed by atoms with Gasteiger partial charge in [-0.1, -0.05) is 54.3 Å². The molecule has 2 heterocycles. The third-order valence-electron chi connectivity index (χ3n) is 4.93. The summed E-state index contributed by atoms with van der Waals surface area (Å²) < 4.78 is 17.2. The number of aromatic carboxylic acids is 1. The summed E-state index contributed by atoms with van der Waals surface area (Å²) in [5.74, 6) is 0.891. The maximum absolute atomic E-state index is 11.1.